The summed E-state index contributed by atoms with van der Waals surface area (Å²) in [7, 11) is 1.45. The fraction of sp³-hybridized carbons (Fsp3) is 0.192. The highest BCUT2D eigenvalue weighted by molar-refractivity contribution is 6.36. The van der Waals surface area contributed by atoms with Crippen LogP contribution in [0.5, 0.6) is 11.5 Å². The number of ether oxygens (including phenoxy) is 2. The molecule has 3 aromatic carbocycles. The molecule has 0 aliphatic carbocycles. The van der Waals surface area contributed by atoms with Crippen molar-refractivity contribution in [2.45, 2.75) is 26.2 Å². The third-order valence-electron chi connectivity index (χ3n) is 4.93. The van der Waals surface area contributed by atoms with Crippen LogP contribution in [0.25, 0.3) is 0 Å². The molecule has 0 aliphatic rings. The SMILES string of the molecule is COc1cc(/C=N\NC(=O)c2ccc(C(C)(C)C)cc2)ccc1OC(=O)c1ccc(Cl)cc1Cl. The van der Waals surface area contributed by atoms with Gasteiger partial charge in [-0.05, 0) is 65.1 Å². The first kappa shape index (κ1) is 25.3. The highest BCUT2D eigenvalue weighted by Crippen LogP contribution is 2.30. The minimum atomic E-state index is -0.647. The predicted octanol–water partition coefficient (Wildman–Crippen LogP) is 6.28. The zero-order valence-corrected chi connectivity index (χ0v) is 20.7. The molecule has 0 unspecified atom stereocenters. The molecule has 0 atom stereocenters. The summed E-state index contributed by atoms with van der Waals surface area (Å²) >= 11 is 11.9. The highest BCUT2D eigenvalue weighted by Gasteiger charge is 2.16. The normalized spacial score (nSPS) is 11.4. The van der Waals surface area contributed by atoms with Crippen molar-refractivity contribution in [3.63, 3.8) is 0 Å². The number of nitrogens with zero attached hydrogens (tertiary/aromatic N) is 1. The minimum absolute atomic E-state index is 0.00772. The molecule has 0 heterocycles. The van der Waals surface area contributed by atoms with Gasteiger partial charge >= 0.3 is 5.97 Å². The van der Waals surface area contributed by atoms with Crippen LogP contribution in [0.15, 0.2) is 65.8 Å². The van der Waals surface area contributed by atoms with E-state index < -0.39 is 5.97 Å². The maximum atomic E-state index is 12.5. The standard InChI is InChI=1S/C26H24Cl2N2O4/c1-26(2,3)18-8-6-17(7-9-18)24(31)30-29-15-16-5-12-22(23(13-16)33-4)34-25(32)20-11-10-19(27)14-21(20)28/h5-15H,1-4H3,(H,30,31)/b29-15-. The summed E-state index contributed by atoms with van der Waals surface area (Å²) in [6.45, 7) is 6.33. The van der Waals surface area contributed by atoms with Gasteiger partial charge in [0.15, 0.2) is 11.5 Å². The van der Waals surface area contributed by atoms with Crippen LogP contribution in [-0.4, -0.2) is 25.2 Å². The number of halogens is 2. The van der Waals surface area contributed by atoms with Crippen LogP contribution in [-0.2, 0) is 5.41 Å². The topological polar surface area (TPSA) is 77.0 Å². The lowest BCUT2D eigenvalue weighted by Crippen LogP contribution is -2.18. The third-order valence-corrected chi connectivity index (χ3v) is 5.48. The Balaban J connectivity index is 1.67. The Morgan fingerprint density at radius 3 is 2.26 bits per heavy atom. The number of rotatable bonds is 6. The molecule has 0 aliphatic heterocycles. The van der Waals surface area contributed by atoms with Crippen LogP contribution < -0.4 is 14.9 Å². The van der Waals surface area contributed by atoms with Gasteiger partial charge in [0.2, 0.25) is 0 Å². The summed E-state index contributed by atoms with van der Waals surface area (Å²) in [5.41, 5.74) is 4.96. The first-order valence-corrected chi connectivity index (χ1v) is 11.1. The Hall–Kier alpha value is -3.35. The van der Waals surface area contributed by atoms with E-state index in [-0.39, 0.29) is 27.7 Å². The molecule has 0 fully saturated rings. The van der Waals surface area contributed by atoms with E-state index in [0.29, 0.717) is 21.9 Å². The van der Waals surface area contributed by atoms with Gasteiger partial charge in [-0.25, -0.2) is 10.2 Å². The highest BCUT2D eigenvalue weighted by atomic mass is 35.5. The molecule has 1 amide bonds. The van der Waals surface area contributed by atoms with Crippen LogP contribution in [0.2, 0.25) is 10.0 Å². The molecule has 0 bridgehead atoms. The zero-order valence-electron chi connectivity index (χ0n) is 19.2. The zero-order chi connectivity index (χ0) is 24.9. The Labute approximate surface area is 208 Å². The Morgan fingerprint density at radius 2 is 1.65 bits per heavy atom. The van der Waals surface area contributed by atoms with Crippen LogP contribution in [0.4, 0.5) is 0 Å². The molecular formula is C26H24Cl2N2O4. The second kappa shape index (κ2) is 10.7. The summed E-state index contributed by atoms with van der Waals surface area (Å²) in [4.78, 5) is 24.8. The molecule has 0 spiro atoms. The average molecular weight is 499 g/mol. The number of hydrogen-bond acceptors (Lipinski definition) is 5. The number of amides is 1. The molecule has 1 N–H and O–H groups in total. The van der Waals surface area contributed by atoms with Gasteiger partial charge in [0, 0.05) is 10.6 Å². The number of hydrogen-bond donors (Lipinski definition) is 1. The van der Waals surface area contributed by atoms with Crippen molar-refractivity contribution in [2.75, 3.05) is 7.11 Å². The molecule has 0 aromatic heterocycles. The number of hydrazone groups is 1. The van der Waals surface area contributed by atoms with Gasteiger partial charge in [0.05, 0.1) is 23.9 Å². The molecule has 3 rings (SSSR count). The van der Waals surface area contributed by atoms with Crippen molar-refractivity contribution in [2.24, 2.45) is 5.10 Å². The Morgan fingerprint density at radius 1 is 0.941 bits per heavy atom. The number of carbonyl (C=O) groups excluding carboxylic acids is 2. The van der Waals surface area contributed by atoms with Crippen LogP contribution in [0, 0.1) is 0 Å². The quantitative estimate of drug-likeness (QED) is 0.187. The number of methoxy groups -OCH3 is 1. The van der Waals surface area contributed by atoms with Gasteiger partial charge in [-0.1, -0.05) is 56.1 Å². The predicted molar refractivity (Wildman–Crippen MR) is 135 cm³/mol. The van der Waals surface area contributed by atoms with E-state index in [4.69, 9.17) is 32.7 Å². The number of benzene rings is 3. The van der Waals surface area contributed by atoms with E-state index in [9.17, 15) is 9.59 Å². The largest absolute Gasteiger partial charge is 0.493 e. The number of carbonyl (C=O) groups is 2. The molecule has 0 saturated carbocycles. The first-order valence-electron chi connectivity index (χ1n) is 10.4. The molecule has 34 heavy (non-hydrogen) atoms. The lowest BCUT2D eigenvalue weighted by Gasteiger charge is -2.18. The van der Waals surface area contributed by atoms with Crippen LogP contribution >= 0.6 is 23.2 Å². The van der Waals surface area contributed by atoms with Gasteiger partial charge in [-0.2, -0.15) is 5.10 Å². The second-order valence-electron chi connectivity index (χ2n) is 8.45. The van der Waals surface area contributed by atoms with Crippen molar-refractivity contribution in [1.29, 1.82) is 0 Å². The first-order chi connectivity index (χ1) is 16.1. The molecule has 176 valence electrons. The summed E-state index contributed by atoms with van der Waals surface area (Å²) in [5.74, 6) is -0.453. The summed E-state index contributed by atoms with van der Waals surface area (Å²) in [6.07, 6.45) is 1.46. The van der Waals surface area contributed by atoms with Gasteiger partial charge in [-0.3, -0.25) is 4.79 Å². The molecular weight excluding hydrogens is 475 g/mol. The van der Waals surface area contributed by atoms with Gasteiger partial charge in [0.1, 0.15) is 0 Å². The van der Waals surface area contributed by atoms with E-state index in [1.165, 1.54) is 25.5 Å². The van der Waals surface area contributed by atoms with Crippen molar-refractivity contribution in [3.8, 4) is 11.5 Å². The van der Waals surface area contributed by atoms with E-state index in [0.717, 1.165) is 5.56 Å². The van der Waals surface area contributed by atoms with E-state index >= 15 is 0 Å². The van der Waals surface area contributed by atoms with Crippen molar-refractivity contribution < 1.29 is 19.1 Å². The van der Waals surface area contributed by atoms with Crippen molar-refractivity contribution >= 4 is 41.3 Å². The summed E-state index contributed by atoms with van der Waals surface area (Å²) in [6, 6.07) is 16.8. The fourth-order valence-corrected chi connectivity index (χ4v) is 3.50. The fourth-order valence-electron chi connectivity index (χ4n) is 3.01. The summed E-state index contributed by atoms with van der Waals surface area (Å²) < 4.78 is 10.8. The molecule has 6 nitrogen and oxygen atoms in total. The maximum Gasteiger partial charge on any atom is 0.345 e. The molecule has 3 aromatic rings. The molecule has 0 radical (unpaired) electrons. The van der Waals surface area contributed by atoms with Crippen molar-refractivity contribution in [3.05, 3.63) is 93.0 Å². The average Bonchev–Trinajstić information content (AvgIpc) is 2.79. The van der Waals surface area contributed by atoms with Crippen molar-refractivity contribution in [1.82, 2.24) is 5.43 Å². The second-order valence-corrected chi connectivity index (χ2v) is 9.29. The lowest BCUT2D eigenvalue weighted by molar-refractivity contribution is 0.0729. The van der Waals surface area contributed by atoms with Gasteiger partial charge in [0.25, 0.3) is 5.91 Å². The summed E-state index contributed by atoms with van der Waals surface area (Å²) in [5, 5.41) is 4.60. The number of nitrogens with one attached hydrogen (secondary N) is 1. The maximum absolute atomic E-state index is 12.5. The lowest BCUT2D eigenvalue weighted by atomic mass is 9.87. The minimum Gasteiger partial charge on any atom is -0.493 e. The van der Waals surface area contributed by atoms with E-state index in [2.05, 4.69) is 31.3 Å². The van der Waals surface area contributed by atoms with Crippen LogP contribution in [0.1, 0.15) is 52.6 Å². The monoisotopic (exact) mass is 498 g/mol. The van der Waals surface area contributed by atoms with E-state index in [1.54, 1.807) is 36.4 Å². The Bertz CT molecular complexity index is 1230. The van der Waals surface area contributed by atoms with Crippen LogP contribution in [0.3, 0.4) is 0 Å². The molecule has 0 saturated heterocycles. The number of esters is 1. The van der Waals surface area contributed by atoms with Gasteiger partial charge in [-0.15, -0.1) is 0 Å². The van der Waals surface area contributed by atoms with E-state index in [1.807, 2.05) is 12.1 Å². The smallest absolute Gasteiger partial charge is 0.345 e. The Kier molecular flexibility index (Phi) is 7.97. The molecule has 8 heteroatoms. The third kappa shape index (κ3) is 6.37. The van der Waals surface area contributed by atoms with Gasteiger partial charge < -0.3 is 9.47 Å².